The molecule has 0 saturated carbocycles. The summed E-state index contributed by atoms with van der Waals surface area (Å²) in [6.45, 7) is 2.20. The molecule has 0 radical (unpaired) electrons. The molecule has 66 heavy (non-hydrogen) atoms. The van der Waals surface area contributed by atoms with Crippen molar-refractivity contribution in [3.8, 4) is 33.4 Å². The average molecular weight is 842 g/mol. The molecule has 310 valence electrons. The van der Waals surface area contributed by atoms with E-state index in [1.807, 2.05) is 12.1 Å². The summed E-state index contributed by atoms with van der Waals surface area (Å²) in [5, 5.41) is 7.30. The molecule has 0 spiro atoms. The minimum absolute atomic E-state index is 0.480. The molecule has 1 aliphatic rings. The van der Waals surface area contributed by atoms with Crippen molar-refractivity contribution in [2.45, 2.75) is 12.3 Å². The van der Waals surface area contributed by atoms with E-state index in [9.17, 15) is 0 Å². The second-order valence-corrected chi connectivity index (χ2v) is 17.7. The number of aryl methyl sites for hydroxylation is 1. The monoisotopic (exact) mass is 841 g/mol. The summed E-state index contributed by atoms with van der Waals surface area (Å²) in [5.41, 5.74) is 18.1. The van der Waals surface area contributed by atoms with Gasteiger partial charge in [-0.3, -0.25) is 0 Å². The Balaban J connectivity index is 0.960. The molecule has 0 saturated heterocycles. The van der Waals surface area contributed by atoms with Crippen LogP contribution in [0.5, 0.6) is 0 Å². The van der Waals surface area contributed by atoms with Crippen LogP contribution in [0.4, 0.5) is 17.1 Å². The largest absolute Gasteiger partial charge is 0.455 e. The fraction of sp³-hybridized carbons (Fsp3) is 0.0312. The van der Waals surface area contributed by atoms with Gasteiger partial charge in [0.2, 0.25) is 0 Å². The van der Waals surface area contributed by atoms with E-state index in [4.69, 9.17) is 4.42 Å². The van der Waals surface area contributed by atoms with Gasteiger partial charge >= 0.3 is 0 Å². The molecule has 0 atom stereocenters. The maximum Gasteiger partial charge on any atom is 0.143 e. The van der Waals surface area contributed by atoms with Crippen LogP contribution < -0.4 is 4.90 Å². The summed E-state index contributed by atoms with van der Waals surface area (Å²) in [6.07, 6.45) is 0. The zero-order valence-electron chi connectivity index (χ0n) is 36.4. The molecule has 0 bridgehead atoms. The van der Waals surface area contributed by atoms with Crippen LogP contribution in [0.25, 0.3) is 76.9 Å². The molecular weight excluding hydrogens is 799 g/mol. The average Bonchev–Trinajstić information content (AvgIpc) is 3.91. The second kappa shape index (κ2) is 15.1. The van der Waals surface area contributed by atoms with E-state index in [1.54, 1.807) is 0 Å². The Labute approximate surface area is 384 Å². The van der Waals surface area contributed by atoms with Gasteiger partial charge in [0.05, 0.1) is 5.41 Å². The number of fused-ring (bicyclic) bond motifs is 9. The quantitative estimate of drug-likeness (QED) is 0.149. The van der Waals surface area contributed by atoms with Crippen molar-refractivity contribution in [1.29, 1.82) is 0 Å². The van der Waals surface area contributed by atoms with Crippen LogP contribution in [-0.4, -0.2) is 0 Å². The van der Waals surface area contributed by atoms with Gasteiger partial charge in [0.1, 0.15) is 11.2 Å². The Bertz CT molecular complexity index is 3770. The van der Waals surface area contributed by atoms with Crippen molar-refractivity contribution in [1.82, 2.24) is 0 Å². The van der Waals surface area contributed by atoms with Gasteiger partial charge in [-0.05, 0) is 127 Å². The van der Waals surface area contributed by atoms with Crippen molar-refractivity contribution in [2.24, 2.45) is 0 Å². The molecule has 0 unspecified atom stereocenters. The normalized spacial score (nSPS) is 12.7. The predicted octanol–water partition coefficient (Wildman–Crippen LogP) is 17.4. The van der Waals surface area contributed by atoms with E-state index in [0.29, 0.717) is 0 Å². The van der Waals surface area contributed by atoms with Crippen molar-refractivity contribution in [3.05, 3.63) is 270 Å². The van der Waals surface area contributed by atoms with Crippen LogP contribution in [0.15, 0.2) is 247 Å². The minimum atomic E-state index is -0.480. The van der Waals surface area contributed by atoms with Crippen LogP contribution in [0.2, 0.25) is 0 Å². The van der Waals surface area contributed by atoms with Crippen LogP contribution in [-0.2, 0) is 5.41 Å². The summed E-state index contributed by atoms with van der Waals surface area (Å²) in [7, 11) is 0. The first-order valence-corrected chi connectivity index (χ1v) is 22.8. The molecule has 1 aliphatic carbocycles. The number of para-hydroxylation sites is 2. The smallest absolute Gasteiger partial charge is 0.143 e. The van der Waals surface area contributed by atoms with Gasteiger partial charge in [0, 0.05) is 33.4 Å². The molecule has 2 nitrogen and oxygen atoms in total. The zero-order chi connectivity index (χ0) is 43.8. The molecule has 0 fully saturated rings. The SMILES string of the molecule is Cc1cccc(C2(c3ccc(N(c4ccc(-c5cc6ccccc6c6ccccc56)cc4)c4ccc(-c5cccc6c5oc5ccccc56)cc4)cc3)c3ccccc3-c3ccccc32)c1. The summed E-state index contributed by atoms with van der Waals surface area (Å²) in [4.78, 5) is 2.38. The molecular formula is C64H43NO. The van der Waals surface area contributed by atoms with E-state index in [1.165, 1.54) is 71.6 Å². The first-order chi connectivity index (χ1) is 32.6. The lowest BCUT2D eigenvalue weighted by Gasteiger charge is -2.34. The lowest BCUT2D eigenvalue weighted by atomic mass is 9.67. The van der Waals surface area contributed by atoms with Crippen LogP contribution in [0.3, 0.4) is 0 Å². The van der Waals surface area contributed by atoms with Gasteiger partial charge < -0.3 is 9.32 Å². The van der Waals surface area contributed by atoms with Gasteiger partial charge in [-0.2, -0.15) is 0 Å². The predicted molar refractivity (Wildman–Crippen MR) is 276 cm³/mol. The molecule has 2 heteroatoms. The zero-order valence-corrected chi connectivity index (χ0v) is 36.4. The van der Waals surface area contributed by atoms with Gasteiger partial charge in [0.25, 0.3) is 0 Å². The number of hydrogen-bond donors (Lipinski definition) is 0. The van der Waals surface area contributed by atoms with Gasteiger partial charge in [0.15, 0.2) is 0 Å². The summed E-state index contributed by atoms with van der Waals surface area (Å²) in [6, 6.07) is 88.9. The third kappa shape index (κ3) is 5.82. The Hall–Kier alpha value is -8.46. The Morgan fingerprint density at radius 3 is 1.55 bits per heavy atom. The Morgan fingerprint density at radius 1 is 0.348 bits per heavy atom. The minimum Gasteiger partial charge on any atom is -0.455 e. The highest BCUT2D eigenvalue weighted by Crippen LogP contribution is 2.56. The maximum atomic E-state index is 6.49. The third-order valence-electron chi connectivity index (χ3n) is 14.0. The van der Waals surface area contributed by atoms with E-state index in [-0.39, 0.29) is 0 Å². The van der Waals surface area contributed by atoms with Crippen LogP contribution in [0, 0.1) is 6.92 Å². The fourth-order valence-electron chi connectivity index (χ4n) is 11.1. The highest BCUT2D eigenvalue weighted by Gasteiger charge is 2.46. The molecule has 1 aromatic heterocycles. The number of nitrogens with zero attached hydrogens (tertiary/aromatic N) is 1. The van der Waals surface area contributed by atoms with Gasteiger partial charge in [-0.1, -0.05) is 200 Å². The number of hydrogen-bond acceptors (Lipinski definition) is 2. The fourth-order valence-corrected chi connectivity index (χ4v) is 11.1. The van der Waals surface area contributed by atoms with Crippen molar-refractivity contribution < 1.29 is 4.42 Å². The number of benzene rings is 11. The lowest BCUT2D eigenvalue weighted by Crippen LogP contribution is -2.28. The number of rotatable bonds is 7. The topological polar surface area (TPSA) is 16.4 Å². The molecule has 13 rings (SSSR count). The summed E-state index contributed by atoms with van der Waals surface area (Å²) in [5.74, 6) is 0. The van der Waals surface area contributed by atoms with Crippen molar-refractivity contribution >= 4 is 60.5 Å². The summed E-state index contributed by atoms with van der Waals surface area (Å²) >= 11 is 0. The van der Waals surface area contributed by atoms with Gasteiger partial charge in [-0.15, -0.1) is 0 Å². The van der Waals surface area contributed by atoms with E-state index < -0.39 is 5.41 Å². The molecule has 12 aromatic rings. The molecule has 1 heterocycles. The molecule has 0 aliphatic heterocycles. The van der Waals surface area contributed by atoms with Gasteiger partial charge in [-0.25, -0.2) is 0 Å². The lowest BCUT2D eigenvalue weighted by molar-refractivity contribution is 0.670. The van der Waals surface area contributed by atoms with Crippen molar-refractivity contribution in [3.63, 3.8) is 0 Å². The Morgan fingerprint density at radius 2 is 0.864 bits per heavy atom. The highest BCUT2D eigenvalue weighted by atomic mass is 16.3. The first-order valence-electron chi connectivity index (χ1n) is 22.8. The number of anilines is 3. The third-order valence-corrected chi connectivity index (χ3v) is 14.0. The highest BCUT2D eigenvalue weighted by molar-refractivity contribution is 6.14. The first kappa shape index (κ1) is 38.0. The standard InChI is InChI=1S/C64H43NO/c1-42-14-12-16-47(40-42)64(60-25-9-6-20-55(60)56-21-7-10-26-61(56)64)46-32-38-50(39-33-46)65(48-34-28-43(29-35-48)52-23-13-24-58-57-22-8-11-27-62(57)66-63(52)58)49-36-30-44(31-37-49)59-41-45-15-2-3-17-51(45)53-18-4-5-19-54(53)59/h2-41H,1H3. The summed E-state index contributed by atoms with van der Waals surface area (Å²) < 4.78 is 6.49. The Kier molecular flexibility index (Phi) is 8.69. The molecule has 0 amide bonds. The van der Waals surface area contributed by atoms with Crippen LogP contribution in [0.1, 0.15) is 27.8 Å². The second-order valence-electron chi connectivity index (χ2n) is 17.7. The van der Waals surface area contributed by atoms with Crippen LogP contribution >= 0.6 is 0 Å². The van der Waals surface area contributed by atoms with E-state index in [0.717, 1.165) is 50.1 Å². The van der Waals surface area contributed by atoms with E-state index >= 15 is 0 Å². The number of furan rings is 1. The molecule has 0 N–H and O–H groups in total. The maximum absolute atomic E-state index is 6.49. The van der Waals surface area contributed by atoms with E-state index in [2.05, 4.69) is 242 Å². The van der Waals surface area contributed by atoms with Crippen molar-refractivity contribution in [2.75, 3.05) is 4.90 Å². The molecule has 11 aromatic carbocycles.